The molecule has 0 unspecified atom stereocenters. The fourth-order valence-corrected chi connectivity index (χ4v) is 3.35. The molecule has 3 heterocycles. The third kappa shape index (κ3) is 3.61. The highest BCUT2D eigenvalue weighted by Gasteiger charge is 2.37. The van der Waals surface area contributed by atoms with Gasteiger partial charge in [0.1, 0.15) is 6.10 Å². The van der Waals surface area contributed by atoms with E-state index < -0.39 is 12.2 Å². The molecule has 8 nitrogen and oxygen atoms in total. The lowest BCUT2D eigenvalue weighted by atomic mass is 10.0. The standard InChI is InChI=1S/C16H26N4O4/c1-2-3-20-9-12(8-17-20)16(23)19-6-4-18(5-7-19)13-10-24-11-14(21)15(13)22/h8-9,13-15,21-22H,2-7,10-11H2,1H3/t13-,14-,15+/m1/s1. The largest absolute Gasteiger partial charge is 0.389 e. The lowest BCUT2D eigenvalue weighted by Crippen LogP contribution is -2.60. The Morgan fingerprint density at radius 3 is 2.75 bits per heavy atom. The zero-order chi connectivity index (χ0) is 17.1. The highest BCUT2D eigenvalue weighted by molar-refractivity contribution is 5.93. The van der Waals surface area contributed by atoms with Crippen molar-refractivity contribution in [1.82, 2.24) is 19.6 Å². The third-order valence-electron chi connectivity index (χ3n) is 4.77. The number of ether oxygens (including phenoxy) is 1. The summed E-state index contributed by atoms with van der Waals surface area (Å²) in [5, 5.41) is 24.1. The van der Waals surface area contributed by atoms with Crippen LogP contribution in [0.1, 0.15) is 23.7 Å². The Hall–Kier alpha value is -1.48. The van der Waals surface area contributed by atoms with Crippen LogP contribution < -0.4 is 0 Å². The molecule has 2 aliphatic rings. The summed E-state index contributed by atoms with van der Waals surface area (Å²) in [6, 6.07) is -0.210. The van der Waals surface area contributed by atoms with Crippen LogP contribution in [-0.4, -0.2) is 93.3 Å². The van der Waals surface area contributed by atoms with Crippen molar-refractivity contribution < 1.29 is 19.7 Å². The molecule has 24 heavy (non-hydrogen) atoms. The molecule has 2 N–H and O–H groups in total. The van der Waals surface area contributed by atoms with Gasteiger partial charge in [-0.2, -0.15) is 5.10 Å². The fourth-order valence-electron chi connectivity index (χ4n) is 3.35. The minimum Gasteiger partial charge on any atom is -0.389 e. The highest BCUT2D eigenvalue weighted by atomic mass is 16.5. The van der Waals surface area contributed by atoms with Gasteiger partial charge in [-0.25, -0.2) is 0 Å². The molecule has 0 radical (unpaired) electrons. The van der Waals surface area contributed by atoms with Gasteiger partial charge < -0.3 is 19.8 Å². The van der Waals surface area contributed by atoms with E-state index in [2.05, 4.69) is 16.9 Å². The summed E-state index contributed by atoms with van der Waals surface area (Å²) >= 11 is 0. The molecular formula is C16H26N4O4. The molecule has 3 rings (SSSR count). The van der Waals surface area contributed by atoms with Gasteiger partial charge in [0.05, 0.1) is 37.1 Å². The minimum atomic E-state index is -0.840. The number of hydrogen-bond donors (Lipinski definition) is 2. The van der Waals surface area contributed by atoms with Gasteiger partial charge >= 0.3 is 0 Å². The van der Waals surface area contributed by atoms with Crippen molar-refractivity contribution in [2.75, 3.05) is 39.4 Å². The maximum absolute atomic E-state index is 12.6. The number of aryl methyl sites for hydroxylation is 1. The maximum atomic E-state index is 12.6. The van der Waals surface area contributed by atoms with Crippen molar-refractivity contribution in [3.8, 4) is 0 Å². The van der Waals surface area contributed by atoms with E-state index in [-0.39, 0.29) is 18.6 Å². The van der Waals surface area contributed by atoms with Crippen LogP contribution >= 0.6 is 0 Å². The summed E-state index contributed by atoms with van der Waals surface area (Å²) in [6.45, 7) is 5.98. The molecule has 0 saturated carbocycles. The molecule has 2 saturated heterocycles. The Balaban J connectivity index is 1.55. The summed E-state index contributed by atoms with van der Waals surface area (Å²) in [5.41, 5.74) is 0.619. The number of rotatable bonds is 4. The molecule has 2 aliphatic heterocycles. The number of piperazine rings is 1. The number of amides is 1. The minimum absolute atomic E-state index is 0.00233. The van der Waals surface area contributed by atoms with E-state index in [9.17, 15) is 15.0 Å². The van der Waals surface area contributed by atoms with E-state index in [1.165, 1.54) is 0 Å². The van der Waals surface area contributed by atoms with Gasteiger partial charge in [-0.15, -0.1) is 0 Å². The topological polar surface area (TPSA) is 91.1 Å². The zero-order valence-electron chi connectivity index (χ0n) is 14.0. The normalized spacial score (nSPS) is 29.0. The van der Waals surface area contributed by atoms with Crippen LogP contribution in [0.2, 0.25) is 0 Å². The quantitative estimate of drug-likeness (QED) is 0.745. The van der Waals surface area contributed by atoms with Crippen molar-refractivity contribution in [3.05, 3.63) is 18.0 Å². The number of nitrogens with zero attached hydrogens (tertiary/aromatic N) is 4. The molecule has 0 aromatic carbocycles. The van der Waals surface area contributed by atoms with Gasteiger partial charge in [0.15, 0.2) is 0 Å². The smallest absolute Gasteiger partial charge is 0.257 e. The van der Waals surface area contributed by atoms with E-state index in [1.807, 2.05) is 4.90 Å². The van der Waals surface area contributed by atoms with Crippen molar-refractivity contribution in [3.63, 3.8) is 0 Å². The number of aromatic nitrogens is 2. The van der Waals surface area contributed by atoms with Gasteiger partial charge in [0.2, 0.25) is 0 Å². The van der Waals surface area contributed by atoms with E-state index in [0.717, 1.165) is 13.0 Å². The van der Waals surface area contributed by atoms with E-state index in [4.69, 9.17) is 4.74 Å². The molecule has 2 fully saturated rings. The first kappa shape index (κ1) is 17.3. The molecule has 3 atom stereocenters. The van der Waals surface area contributed by atoms with E-state index in [1.54, 1.807) is 17.1 Å². The summed E-state index contributed by atoms with van der Waals surface area (Å²) in [6.07, 6.45) is 2.76. The molecule has 0 bridgehead atoms. The van der Waals surface area contributed by atoms with Crippen LogP contribution in [-0.2, 0) is 11.3 Å². The lowest BCUT2D eigenvalue weighted by Gasteiger charge is -2.43. The predicted molar refractivity (Wildman–Crippen MR) is 86.6 cm³/mol. The number of carbonyl (C=O) groups is 1. The van der Waals surface area contributed by atoms with Crippen molar-refractivity contribution in [2.24, 2.45) is 0 Å². The first-order chi connectivity index (χ1) is 11.6. The Morgan fingerprint density at radius 2 is 2.04 bits per heavy atom. The van der Waals surface area contributed by atoms with E-state index in [0.29, 0.717) is 38.3 Å². The number of aliphatic hydroxyl groups is 2. The van der Waals surface area contributed by atoms with Crippen LogP contribution in [0.4, 0.5) is 0 Å². The second kappa shape index (κ2) is 7.60. The first-order valence-electron chi connectivity index (χ1n) is 8.59. The van der Waals surface area contributed by atoms with Crippen LogP contribution in [0.5, 0.6) is 0 Å². The molecule has 134 valence electrons. The fraction of sp³-hybridized carbons (Fsp3) is 0.750. The van der Waals surface area contributed by atoms with Crippen LogP contribution in [0.25, 0.3) is 0 Å². The third-order valence-corrected chi connectivity index (χ3v) is 4.77. The average molecular weight is 338 g/mol. The van der Waals surface area contributed by atoms with Crippen LogP contribution in [0.3, 0.4) is 0 Å². The summed E-state index contributed by atoms with van der Waals surface area (Å²) in [7, 11) is 0. The lowest BCUT2D eigenvalue weighted by molar-refractivity contribution is -0.136. The number of aliphatic hydroxyl groups excluding tert-OH is 2. The van der Waals surface area contributed by atoms with Gasteiger partial charge in [-0.1, -0.05) is 6.92 Å². The number of carbonyl (C=O) groups excluding carboxylic acids is 1. The van der Waals surface area contributed by atoms with Crippen molar-refractivity contribution >= 4 is 5.91 Å². The molecular weight excluding hydrogens is 312 g/mol. The summed E-state index contributed by atoms with van der Waals surface area (Å²) in [4.78, 5) is 16.5. The van der Waals surface area contributed by atoms with Crippen LogP contribution in [0.15, 0.2) is 12.4 Å². The predicted octanol–water partition coefficient (Wildman–Crippen LogP) is -0.828. The molecule has 0 aliphatic carbocycles. The second-order valence-electron chi connectivity index (χ2n) is 6.48. The second-order valence-corrected chi connectivity index (χ2v) is 6.48. The Bertz CT molecular complexity index is 556. The summed E-state index contributed by atoms with van der Waals surface area (Å²) in [5.74, 6) is -0.00233. The van der Waals surface area contributed by atoms with Gasteiger partial charge in [0.25, 0.3) is 5.91 Å². The maximum Gasteiger partial charge on any atom is 0.257 e. The van der Waals surface area contributed by atoms with Crippen molar-refractivity contribution in [1.29, 1.82) is 0 Å². The Labute approximate surface area is 141 Å². The van der Waals surface area contributed by atoms with E-state index >= 15 is 0 Å². The van der Waals surface area contributed by atoms with Gasteiger partial charge in [-0.05, 0) is 6.42 Å². The van der Waals surface area contributed by atoms with Gasteiger partial charge in [0, 0.05) is 38.9 Å². The summed E-state index contributed by atoms with van der Waals surface area (Å²) < 4.78 is 7.14. The number of hydrogen-bond acceptors (Lipinski definition) is 6. The average Bonchev–Trinajstić information content (AvgIpc) is 3.06. The Morgan fingerprint density at radius 1 is 1.29 bits per heavy atom. The molecule has 1 amide bonds. The first-order valence-corrected chi connectivity index (χ1v) is 8.59. The molecule has 1 aromatic rings. The Kier molecular flexibility index (Phi) is 5.50. The monoisotopic (exact) mass is 338 g/mol. The molecule has 1 aromatic heterocycles. The highest BCUT2D eigenvalue weighted by Crippen LogP contribution is 2.18. The van der Waals surface area contributed by atoms with Crippen LogP contribution in [0, 0.1) is 0 Å². The SMILES string of the molecule is CCCn1cc(C(=O)N2CCN([C@@H]3COC[C@@H](O)[C@H]3O)CC2)cn1. The van der Waals surface area contributed by atoms with Crippen molar-refractivity contribution in [2.45, 2.75) is 38.1 Å². The molecule has 8 heteroatoms. The van der Waals surface area contributed by atoms with Gasteiger partial charge in [-0.3, -0.25) is 14.4 Å². The zero-order valence-corrected chi connectivity index (χ0v) is 14.0. The molecule has 0 spiro atoms.